The first-order chi connectivity index (χ1) is 24.2. The minimum absolute atomic E-state index is 0.637. The molecule has 0 fully saturated rings. The summed E-state index contributed by atoms with van der Waals surface area (Å²) in [5.41, 5.74) is 9.87. The molecule has 0 radical (unpaired) electrons. The molecule has 0 saturated heterocycles. The molecule has 3 aromatic heterocycles. The summed E-state index contributed by atoms with van der Waals surface area (Å²) in [7, 11) is 0. The molecular formula is C44H31N3O2. The van der Waals surface area contributed by atoms with Crippen molar-refractivity contribution in [3.05, 3.63) is 162 Å². The van der Waals surface area contributed by atoms with Crippen LogP contribution in [0.5, 0.6) is 0 Å². The Bertz CT molecular complexity index is 2600. The second kappa shape index (κ2) is 12.0. The van der Waals surface area contributed by atoms with Gasteiger partial charge < -0.3 is 8.83 Å². The fourth-order valence-corrected chi connectivity index (χ4v) is 6.72. The summed E-state index contributed by atoms with van der Waals surface area (Å²) in [6.45, 7) is 2.01. The van der Waals surface area contributed by atoms with Crippen molar-refractivity contribution in [1.82, 2.24) is 15.0 Å². The molecule has 0 N–H and O–H groups in total. The molecule has 0 atom stereocenters. The Morgan fingerprint density at radius 3 is 2.08 bits per heavy atom. The van der Waals surface area contributed by atoms with E-state index in [4.69, 9.17) is 23.8 Å². The van der Waals surface area contributed by atoms with Crippen LogP contribution in [0.1, 0.15) is 36.1 Å². The summed E-state index contributed by atoms with van der Waals surface area (Å²) in [6.07, 6.45) is 12.1. The number of fused-ring (bicyclic) bond motifs is 6. The maximum atomic E-state index is 6.59. The zero-order valence-corrected chi connectivity index (χ0v) is 26.9. The molecule has 234 valence electrons. The van der Waals surface area contributed by atoms with Crippen LogP contribution in [0, 0.1) is 0 Å². The van der Waals surface area contributed by atoms with E-state index in [0.29, 0.717) is 17.5 Å². The van der Waals surface area contributed by atoms with Crippen molar-refractivity contribution in [3.63, 3.8) is 0 Å². The average molecular weight is 634 g/mol. The SMILES string of the molecule is C/C=C\C=C/c1ccc(-c2nc(C3=CCCc4oc5cc(-c6ccc7oc8ccccc8c7c6)ccc5c43)nc(-c3ccccc3)n2)cc1. The van der Waals surface area contributed by atoms with E-state index in [1.807, 2.05) is 73.7 Å². The molecule has 3 heterocycles. The van der Waals surface area contributed by atoms with E-state index in [0.717, 1.165) is 90.5 Å². The molecule has 0 bridgehead atoms. The second-order valence-electron chi connectivity index (χ2n) is 12.3. The van der Waals surface area contributed by atoms with E-state index in [1.165, 1.54) is 0 Å². The van der Waals surface area contributed by atoms with Gasteiger partial charge in [-0.05, 0) is 60.4 Å². The molecule has 0 unspecified atom stereocenters. The first-order valence-corrected chi connectivity index (χ1v) is 16.6. The maximum absolute atomic E-state index is 6.59. The fraction of sp³-hybridized carbons (Fsp3) is 0.0682. The predicted molar refractivity (Wildman–Crippen MR) is 199 cm³/mol. The van der Waals surface area contributed by atoms with Crippen LogP contribution >= 0.6 is 0 Å². The topological polar surface area (TPSA) is 65.0 Å². The van der Waals surface area contributed by atoms with Gasteiger partial charge in [0.25, 0.3) is 0 Å². The molecule has 49 heavy (non-hydrogen) atoms. The lowest BCUT2D eigenvalue weighted by molar-refractivity contribution is 0.545. The summed E-state index contributed by atoms with van der Waals surface area (Å²) < 4.78 is 12.7. The number of benzene rings is 5. The zero-order chi connectivity index (χ0) is 32.7. The number of para-hydroxylation sites is 1. The summed E-state index contributed by atoms with van der Waals surface area (Å²) in [4.78, 5) is 15.1. The molecule has 0 aliphatic heterocycles. The molecule has 0 spiro atoms. The van der Waals surface area contributed by atoms with Gasteiger partial charge in [0.15, 0.2) is 17.5 Å². The number of aryl methyl sites for hydroxylation is 1. The van der Waals surface area contributed by atoms with Gasteiger partial charge in [0.05, 0.1) is 0 Å². The van der Waals surface area contributed by atoms with Crippen molar-refractivity contribution in [3.8, 4) is 33.9 Å². The summed E-state index contributed by atoms with van der Waals surface area (Å²) in [5.74, 6) is 2.88. The van der Waals surface area contributed by atoms with Gasteiger partial charge in [-0.15, -0.1) is 0 Å². The normalized spacial score (nSPS) is 13.2. The van der Waals surface area contributed by atoms with E-state index in [9.17, 15) is 0 Å². The van der Waals surface area contributed by atoms with Gasteiger partial charge in [0.2, 0.25) is 0 Å². The molecule has 5 heteroatoms. The van der Waals surface area contributed by atoms with Crippen molar-refractivity contribution in [2.75, 3.05) is 0 Å². The standard InChI is InChI=1S/C44H31N3O2/c1-2-3-5-11-28-18-20-30(21-19-28)43-45-42(29-12-6-4-7-13-29)46-44(47-43)35-15-10-17-39-41(35)34-24-22-32(27-40(34)49-39)31-23-25-38-36(26-31)33-14-8-9-16-37(33)48-38/h2-9,11-16,18-27H,10,17H2,1H3/b3-2-,11-5-. The fourth-order valence-electron chi connectivity index (χ4n) is 6.72. The highest BCUT2D eigenvalue weighted by atomic mass is 16.3. The highest BCUT2D eigenvalue weighted by Gasteiger charge is 2.25. The number of rotatable bonds is 6. The molecule has 8 aromatic rings. The number of hydrogen-bond acceptors (Lipinski definition) is 5. The maximum Gasteiger partial charge on any atom is 0.164 e. The smallest absolute Gasteiger partial charge is 0.164 e. The number of furan rings is 2. The van der Waals surface area contributed by atoms with Gasteiger partial charge >= 0.3 is 0 Å². The van der Waals surface area contributed by atoms with Crippen molar-refractivity contribution in [1.29, 1.82) is 0 Å². The van der Waals surface area contributed by atoms with Gasteiger partial charge in [0, 0.05) is 44.8 Å². The number of allylic oxidation sites excluding steroid dienone is 4. The van der Waals surface area contributed by atoms with Crippen LogP contribution in [0.4, 0.5) is 0 Å². The van der Waals surface area contributed by atoms with E-state index >= 15 is 0 Å². The van der Waals surface area contributed by atoms with Crippen LogP contribution in [0.2, 0.25) is 0 Å². The highest BCUT2D eigenvalue weighted by Crippen LogP contribution is 2.41. The van der Waals surface area contributed by atoms with E-state index < -0.39 is 0 Å². The van der Waals surface area contributed by atoms with Gasteiger partial charge in [0.1, 0.15) is 22.5 Å². The van der Waals surface area contributed by atoms with E-state index in [-0.39, 0.29) is 0 Å². The highest BCUT2D eigenvalue weighted by molar-refractivity contribution is 6.06. The zero-order valence-electron chi connectivity index (χ0n) is 26.9. The average Bonchev–Trinajstić information content (AvgIpc) is 3.73. The Morgan fingerprint density at radius 1 is 0.551 bits per heavy atom. The van der Waals surface area contributed by atoms with Crippen LogP contribution in [-0.2, 0) is 6.42 Å². The van der Waals surface area contributed by atoms with Crippen molar-refractivity contribution in [2.24, 2.45) is 0 Å². The minimum Gasteiger partial charge on any atom is -0.460 e. The third-order valence-electron chi connectivity index (χ3n) is 9.13. The lowest BCUT2D eigenvalue weighted by Gasteiger charge is -2.14. The first-order valence-electron chi connectivity index (χ1n) is 16.6. The van der Waals surface area contributed by atoms with Crippen molar-refractivity contribution < 1.29 is 8.83 Å². The van der Waals surface area contributed by atoms with Crippen LogP contribution in [-0.4, -0.2) is 15.0 Å². The Morgan fingerprint density at radius 2 is 1.24 bits per heavy atom. The van der Waals surface area contributed by atoms with Crippen LogP contribution in [0.15, 0.2) is 148 Å². The number of nitrogens with zero attached hydrogens (tertiary/aromatic N) is 3. The molecule has 9 rings (SSSR count). The lowest BCUT2D eigenvalue weighted by Crippen LogP contribution is -2.06. The molecule has 5 nitrogen and oxygen atoms in total. The number of hydrogen-bond donors (Lipinski definition) is 0. The monoisotopic (exact) mass is 633 g/mol. The first kappa shape index (κ1) is 28.9. The van der Waals surface area contributed by atoms with Crippen LogP contribution in [0.25, 0.3) is 78.5 Å². The molecule has 5 aromatic carbocycles. The summed E-state index contributed by atoms with van der Waals surface area (Å²) in [5, 5.41) is 3.28. The van der Waals surface area contributed by atoms with Crippen molar-refractivity contribution >= 4 is 44.6 Å². The Kier molecular flexibility index (Phi) is 7.09. The van der Waals surface area contributed by atoms with Gasteiger partial charge in [-0.25, -0.2) is 15.0 Å². The van der Waals surface area contributed by atoms with Crippen molar-refractivity contribution in [2.45, 2.75) is 19.8 Å². The molecule has 1 aliphatic carbocycles. The minimum atomic E-state index is 0.637. The Hall–Kier alpha value is -6.33. The molecule has 0 saturated carbocycles. The van der Waals surface area contributed by atoms with Gasteiger partial charge in [-0.1, -0.05) is 115 Å². The van der Waals surface area contributed by atoms with Crippen LogP contribution < -0.4 is 0 Å². The quantitative estimate of drug-likeness (QED) is 0.170. The van der Waals surface area contributed by atoms with Gasteiger partial charge in [-0.2, -0.15) is 0 Å². The largest absolute Gasteiger partial charge is 0.460 e. The van der Waals surface area contributed by atoms with Gasteiger partial charge in [-0.3, -0.25) is 0 Å². The third-order valence-corrected chi connectivity index (χ3v) is 9.13. The van der Waals surface area contributed by atoms with E-state index in [2.05, 4.69) is 78.9 Å². The summed E-state index contributed by atoms with van der Waals surface area (Å²) >= 11 is 0. The molecule has 1 aliphatic rings. The lowest BCUT2D eigenvalue weighted by atomic mass is 9.92. The van der Waals surface area contributed by atoms with E-state index in [1.54, 1.807) is 0 Å². The Labute approximate surface area is 283 Å². The third kappa shape index (κ3) is 5.26. The van der Waals surface area contributed by atoms with Crippen LogP contribution in [0.3, 0.4) is 0 Å². The number of aromatic nitrogens is 3. The molecule has 0 amide bonds. The predicted octanol–water partition coefficient (Wildman–Crippen LogP) is 11.5. The Balaban J connectivity index is 1.13. The second-order valence-corrected chi connectivity index (χ2v) is 12.3. The molecular weight excluding hydrogens is 603 g/mol. The summed E-state index contributed by atoms with van der Waals surface area (Å²) in [6, 6.07) is 39.5.